The molecule has 0 fully saturated rings. The number of H-pyrrole nitrogens is 2. The van der Waals surface area contributed by atoms with E-state index in [1.165, 1.54) is 0 Å². The molecule has 5 heteroatoms. The van der Waals surface area contributed by atoms with Crippen LogP contribution in [0, 0.1) is 0 Å². The number of hydrogen-bond donors (Lipinski definition) is 2. The first-order valence-electron chi connectivity index (χ1n) is 8.29. The van der Waals surface area contributed by atoms with Crippen molar-refractivity contribution in [3.63, 3.8) is 0 Å². The normalized spacial score (nSPS) is 12.5. The van der Waals surface area contributed by atoms with Crippen LogP contribution in [0.5, 0.6) is 0 Å². The molecule has 2 aliphatic heterocycles. The Hall–Kier alpha value is -3.73. The van der Waals surface area contributed by atoms with Crippen molar-refractivity contribution in [1.29, 1.82) is 0 Å². The number of nitrogens with one attached hydrogen (secondary N) is 2. The summed E-state index contributed by atoms with van der Waals surface area (Å²) in [5.74, 6) is 0. The number of rotatable bonds is 1. The van der Waals surface area contributed by atoms with E-state index in [1.54, 1.807) is 0 Å². The molecule has 8 bridgehead atoms. The Balaban J connectivity index is 1.90. The predicted molar refractivity (Wildman–Crippen MR) is 104 cm³/mol. The van der Waals surface area contributed by atoms with Gasteiger partial charge in [-0.1, -0.05) is 0 Å². The van der Waals surface area contributed by atoms with Gasteiger partial charge in [-0.2, -0.15) is 0 Å². The van der Waals surface area contributed by atoms with E-state index in [2.05, 4.69) is 19.9 Å². The smallest absolute Gasteiger partial charge is 0.154 e. The van der Waals surface area contributed by atoms with Crippen LogP contribution in [0.4, 0.5) is 0 Å². The summed E-state index contributed by atoms with van der Waals surface area (Å²) in [5, 5.41) is 0. The maximum Gasteiger partial charge on any atom is 0.154 e. The van der Waals surface area contributed by atoms with E-state index < -0.39 is 0 Å². The van der Waals surface area contributed by atoms with Gasteiger partial charge in [-0.3, -0.25) is 4.79 Å². The minimum atomic E-state index is 0.535. The SMILES string of the molecule is O=Cc1c2nc(cc3ccc(cc4nc(cc5ccc1[nH]5)C=C4)[nH]3)C=C2. The van der Waals surface area contributed by atoms with E-state index in [-0.39, 0.29) is 0 Å². The molecule has 0 atom stereocenters. The van der Waals surface area contributed by atoms with Gasteiger partial charge in [0.1, 0.15) is 0 Å². The molecule has 3 aromatic heterocycles. The molecule has 0 unspecified atom stereocenters. The maximum absolute atomic E-state index is 11.7. The van der Waals surface area contributed by atoms with Gasteiger partial charge in [-0.15, -0.1) is 0 Å². The number of carbonyl (C=O) groups excluding carboxylic acids is 1. The second-order valence-corrected chi connectivity index (χ2v) is 6.21. The van der Waals surface area contributed by atoms with Gasteiger partial charge in [-0.25, -0.2) is 9.97 Å². The van der Waals surface area contributed by atoms with E-state index >= 15 is 0 Å². The summed E-state index contributed by atoms with van der Waals surface area (Å²) in [4.78, 5) is 27.5. The average Bonchev–Trinajstić information content (AvgIpc) is 3.39. The van der Waals surface area contributed by atoms with Crippen LogP contribution in [0.3, 0.4) is 0 Å². The standard InChI is InChI=1S/C21H14N4O/c26-12-19-20-7-5-17(24-20)10-15-3-1-13(22-15)9-14-2-4-16(23-14)11-18-6-8-21(19)25-18/h1-12,22,25H. The van der Waals surface area contributed by atoms with Crippen LogP contribution in [-0.2, 0) is 0 Å². The number of aromatic nitrogens is 4. The molecular weight excluding hydrogens is 324 g/mol. The number of carbonyl (C=O) groups is 1. The first-order valence-corrected chi connectivity index (χ1v) is 8.29. The van der Waals surface area contributed by atoms with Crippen LogP contribution in [0.2, 0.25) is 0 Å². The van der Waals surface area contributed by atoms with Crippen molar-refractivity contribution in [3.05, 3.63) is 70.8 Å². The molecular formula is C21H14N4O. The minimum Gasteiger partial charge on any atom is -0.355 e. The Bertz CT molecular complexity index is 1260. The van der Waals surface area contributed by atoms with Crippen molar-refractivity contribution in [3.8, 4) is 0 Å². The molecule has 124 valence electrons. The molecule has 0 aliphatic carbocycles. The van der Waals surface area contributed by atoms with E-state index in [0.717, 1.165) is 45.4 Å². The first-order chi connectivity index (χ1) is 12.8. The fraction of sp³-hybridized carbons (Fsp3) is 0. The van der Waals surface area contributed by atoms with Crippen LogP contribution in [0.25, 0.3) is 46.4 Å². The second kappa shape index (κ2) is 5.67. The lowest BCUT2D eigenvalue weighted by Gasteiger charge is -1.91. The first kappa shape index (κ1) is 14.6. The van der Waals surface area contributed by atoms with Crippen LogP contribution >= 0.6 is 0 Å². The summed E-state index contributed by atoms with van der Waals surface area (Å²) in [6.07, 6.45) is 8.55. The summed E-state index contributed by atoms with van der Waals surface area (Å²) in [6, 6.07) is 13.7. The van der Waals surface area contributed by atoms with Gasteiger partial charge in [0.2, 0.25) is 0 Å². The lowest BCUT2D eigenvalue weighted by Crippen LogP contribution is -1.86. The third-order valence-corrected chi connectivity index (χ3v) is 4.38. The highest BCUT2D eigenvalue weighted by molar-refractivity contribution is 5.93. The molecule has 0 amide bonds. The van der Waals surface area contributed by atoms with Gasteiger partial charge in [0.25, 0.3) is 0 Å². The fourth-order valence-electron chi connectivity index (χ4n) is 3.15. The van der Waals surface area contributed by atoms with Crippen molar-refractivity contribution in [2.45, 2.75) is 0 Å². The van der Waals surface area contributed by atoms with Crippen molar-refractivity contribution in [2.24, 2.45) is 0 Å². The zero-order valence-corrected chi connectivity index (χ0v) is 13.7. The molecule has 26 heavy (non-hydrogen) atoms. The van der Waals surface area contributed by atoms with Crippen molar-refractivity contribution >= 4 is 52.7 Å². The van der Waals surface area contributed by atoms with Gasteiger partial charge in [-0.05, 0) is 66.8 Å². The van der Waals surface area contributed by atoms with E-state index in [1.807, 2.05) is 66.8 Å². The lowest BCUT2D eigenvalue weighted by atomic mass is 10.2. The monoisotopic (exact) mass is 338 g/mol. The quantitative estimate of drug-likeness (QED) is 0.443. The number of nitrogens with zero attached hydrogens (tertiary/aromatic N) is 2. The Labute approximate surface area is 148 Å². The average molecular weight is 338 g/mol. The highest BCUT2D eigenvalue weighted by Gasteiger charge is 2.07. The number of fused-ring (bicyclic) bond motifs is 8. The Morgan fingerprint density at radius 1 is 0.692 bits per heavy atom. The van der Waals surface area contributed by atoms with Crippen LogP contribution in [0.1, 0.15) is 33.1 Å². The van der Waals surface area contributed by atoms with Gasteiger partial charge in [0, 0.05) is 16.6 Å². The predicted octanol–water partition coefficient (Wildman–Crippen LogP) is 4.47. The highest BCUT2D eigenvalue weighted by atomic mass is 16.1. The van der Waals surface area contributed by atoms with Gasteiger partial charge < -0.3 is 9.97 Å². The van der Waals surface area contributed by atoms with Gasteiger partial charge >= 0.3 is 0 Å². The number of aromatic amines is 2. The van der Waals surface area contributed by atoms with Crippen LogP contribution < -0.4 is 0 Å². The summed E-state index contributed by atoms with van der Waals surface area (Å²) < 4.78 is 0. The molecule has 2 N–H and O–H groups in total. The third kappa shape index (κ3) is 2.56. The molecule has 5 rings (SSSR count). The van der Waals surface area contributed by atoms with Gasteiger partial charge in [0.05, 0.1) is 33.9 Å². The lowest BCUT2D eigenvalue weighted by molar-refractivity contribution is 0.112. The molecule has 0 aromatic carbocycles. The molecule has 3 aromatic rings. The largest absolute Gasteiger partial charge is 0.355 e. The molecule has 5 nitrogen and oxygen atoms in total. The molecule has 5 heterocycles. The number of aldehydes is 1. The van der Waals surface area contributed by atoms with E-state index in [0.29, 0.717) is 11.3 Å². The fourth-order valence-corrected chi connectivity index (χ4v) is 3.15. The van der Waals surface area contributed by atoms with E-state index in [9.17, 15) is 4.79 Å². The van der Waals surface area contributed by atoms with Gasteiger partial charge in [0.15, 0.2) is 6.29 Å². The third-order valence-electron chi connectivity index (χ3n) is 4.38. The summed E-state index contributed by atoms with van der Waals surface area (Å²) in [5.41, 5.74) is 7.27. The molecule has 0 spiro atoms. The van der Waals surface area contributed by atoms with Crippen molar-refractivity contribution < 1.29 is 4.79 Å². The summed E-state index contributed by atoms with van der Waals surface area (Å²) >= 11 is 0. The van der Waals surface area contributed by atoms with Crippen molar-refractivity contribution in [2.75, 3.05) is 0 Å². The topological polar surface area (TPSA) is 74.4 Å². The van der Waals surface area contributed by atoms with Crippen LogP contribution in [-0.4, -0.2) is 26.2 Å². The Morgan fingerprint density at radius 2 is 1.27 bits per heavy atom. The van der Waals surface area contributed by atoms with Crippen molar-refractivity contribution in [1.82, 2.24) is 19.9 Å². The Kier molecular flexibility index (Phi) is 3.18. The summed E-state index contributed by atoms with van der Waals surface area (Å²) in [7, 11) is 0. The number of hydrogen-bond acceptors (Lipinski definition) is 3. The minimum absolute atomic E-state index is 0.535. The molecule has 0 saturated carbocycles. The summed E-state index contributed by atoms with van der Waals surface area (Å²) in [6.45, 7) is 0. The molecule has 0 radical (unpaired) electrons. The second-order valence-electron chi connectivity index (χ2n) is 6.21. The maximum atomic E-state index is 11.7. The molecule has 0 saturated heterocycles. The van der Waals surface area contributed by atoms with Crippen LogP contribution in [0.15, 0.2) is 42.5 Å². The molecule has 2 aliphatic rings. The Morgan fingerprint density at radius 3 is 1.96 bits per heavy atom. The highest BCUT2D eigenvalue weighted by Crippen LogP contribution is 2.19. The van der Waals surface area contributed by atoms with E-state index in [4.69, 9.17) is 0 Å². The zero-order valence-electron chi connectivity index (χ0n) is 13.7. The zero-order chi connectivity index (χ0) is 17.5.